The minimum absolute atomic E-state index is 0.0524. The lowest BCUT2D eigenvalue weighted by Crippen LogP contribution is -2.25. The van der Waals surface area contributed by atoms with Crippen molar-refractivity contribution in [2.75, 3.05) is 5.73 Å². The molecule has 0 aliphatic rings. The second-order valence-electron chi connectivity index (χ2n) is 5.76. The molecule has 2 heteroatoms. The van der Waals surface area contributed by atoms with Gasteiger partial charge in [0.05, 0.1) is 11.2 Å². The predicted molar refractivity (Wildman–Crippen MR) is 83.5 cm³/mol. The third-order valence-electron chi connectivity index (χ3n) is 4.20. The minimum Gasteiger partial charge on any atom is -0.397 e. The summed E-state index contributed by atoms with van der Waals surface area (Å²) < 4.78 is 2.40. The minimum atomic E-state index is 0.0524. The molecule has 19 heavy (non-hydrogen) atoms. The summed E-state index contributed by atoms with van der Waals surface area (Å²) in [6, 6.07) is 14.7. The lowest BCUT2D eigenvalue weighted by molar-refractivity contribution is 0.364. The third-order valence-corrected chi connectivity index (χ3v) is 4.20. The first-order chi connectivity index (χ1) is 9.06. The van der Waals surface area contributed by atoms with E-state index in [9.17, 15) is 0 Å². The van der Waals surface area contributed by atoms with Crippen LogP contribution >= 0.6 is 0 Å². The van der Waals surface area contributed by atoms with Gasteiger partial charge >= 0.3 is 0 Å². The van der Waals surface area contributed by atoms with E-state index in [1.54, 1.807) is 0 Å². The van der Waals surface area contributed by atoms with Gasteiger partial charge in [0.2, 0.25) is 0 Å². The zero-order chi connectivity index (χ0) is 13.6. The summed E-state index contributed by atoms with van der Waals surface area (Å²) >= 11 is 0. The standard InChI is InChI=1S/C17H20N2/c1-4-17(2,3)19-15-11-6-5-8-12(15)13-9-7-10-14(18)16(13)19/h5-11H,4,18H2,1-3H3. The van der Waals surface area contributed by atoms with Crippen LogP contribution in [0, 0.1) is 0 Å². The number of para-hydroxylation sites is 2. The third kappa shape index (κ3) is 1.63. The highest BCUT2D eigenvalue weighted by Gasteiger charge is 2.24. The van der Waals surface area contributed by atoms with Gasteiger partial charge in [-0.15, -0.1) is 0 Å². The average molecular weight is 252 g/mol. The van der Waals surface area contributed by atoms with Crippen LogP contribution in [-0.2, 0) is 5.54 Å². The maximum atomic E-state index is 6.25. The molecule has 0 fully saturated rings. The number of aromatic nitrogens is 1. The molecule has 1 aromatic heterocycles. The molecule has 0 saturated heterocycles. The number of nitrogens with zero attached hydrogens (tertiary/aromatic N) is 1. The van der Waals surface area contributed by atoms with Crippen molar-refractivity contribution in [3.05, 3.63) is 42.5 Å². The number of rotatable bonds is 2. The van der Waals surface area contributed by atoms with Gasteiger partial charge in [-0.05, 0) is 32.4 Å². The van der Waals surface area contributed by atoms with Gasteiger partial charge in [-0.3, -0.25) is 0 Å². The van der Waals surface area contributed by atoms with Crippen LogP contribution in [0.15, 0.2) is 42.5 Å². The Morgan fingerprint density at radius 3 is 2.42 bits per heavy atom. The van der Waals surface area contributed by atoms with Gasteiger partial charge in [0, 0.05) is 21.8 Å². The van der Waals surface area contributed by atoms with Crippen LogP contribution in [-0.4, -0.2) is 4.57 Å². The SMILES string of the molecule is CCC(C)(C)n1c2ccccc2c2cccc(N)c21. The summed E-state index contributed by atoms with van der Waals surface area (Å²) in [6.07, 6.45) is 1.06. The first-order valence-electron chi connectivity index (χ1n) is 6.84. The molecule has 0 saturated carbocycles. The molecule has 0 aliphatic heterocycles. The largest absolute Gasteiger partial charge is 0.397 e. The van der Waals surface area contributed by atoms with Crippen molar-refractivity contribution in [1.82, 2.24) is 4.57 Å². The normalized spacial score (nSPS) is 12.4. The highest BCUT2D eigenvalue weighted by Crippen LogP contribution is 2.37. The Hall–Kier alpha value is -1.96. The lowest BCUT2D eigenvalue weighted by Gasteiger charge is -2.28. The maximum Gasteiger partial charge on any atom is 0.0730 e. The summed E-state index contributed by atoms with van der Waals surface area (Å²) in [5.41, 5.74) is 9.59. The quantitative estimate of drug-likeness (QED) is 0.668. The first kappa shape index (κ1) is 12.1. The molecule has 0 bridgehead atoms. The van der Waals surface area contributed by atoms with Crippen molar-refractivity contribution in [1.29, 1.82) is 0 Å². The van der Waals surface area contributed by atoms with E-state index in [4.69, 9.17) is 5.73 Å². The number of hydrogen-bond donors (Lipinski definition) is 1. The molecule has 2 N–H and O–H groups in total. The van der Waals surface area contributed by atoms with Crippen LogP contribution in [0.5, 0.6) is 0 Å². The molecule has 1 heterocycles. The summed E-state index contributed by atoms with van der Waals surface area (Å²) in [6.45, 7) is 6.76. The maximum absolute atomic E-state index is 6.25. The van der Waals surface area contributed by atoms with Crippen molar-refractivity contribution in [2.24, 2.45) is 0 Å². The molecular formula is C17H20N2. The van der Waals surface area contributed by atoms with Gasteiger partial charge in [-0.25, -0.2) is 0 Å². The van der Waals surface area contributed by atoms with Crippen LogP contribution < -0.4 is 5.73 Å². The van der Waals surface area contributed by atoms with E-state index >= 15 is 0 Å². The Morgan fingerprint density at radius 1 is 1.00 bits per heavy atom. The van der Waals surface area contributed by atoms with Crippen LogP contribution in [0.2, 0.25) is 0 Å². The van der Waals surface area contributed by atoms with E-state index in [1.165, 1.54) is 16.3 Å². The lowest BCUT2D eigenvalue weighted by atomic mass is 10.0. The number of nitrogen functional groups attached to an aromatic ring is 1. The number of benzene rings is 2. The zero-order valence-electron chi connectivity index (χ0n) is 11.8. The van der Waals surface area contributed by atoms with Crippen molar-refractivity contribution >= 4 is 27.5 Å². The highest BCUT2D eigenvalue weighted by atomic mass is 15.1. The molecule has 0 aliphatic carbocycles. The van der Waals surface area contributed by atoms with Gasteiger partial charge in [-0.2, -0.15) is 0 Å². The molecule has 0 atom stereocenters. The number of nitrogens with two attached hydrogens (primary N) is 1. The van der Waals surface area contributed by atoms with Crippen LogP contribution in [0.1, 0.15) is 27.2 Å². The molecule has 0 amide bonds. The fourth-order valence-electron chi connectivity index (χ4n) is 2.83. The van der Waals surface area contributed by atoms with E-state index in [0.717, 1.165) is 17.6 Å². The Bertz CT molecular complexity index is 750. The Kier molecular flexibility index (Phi) is 2.56. The van der Waals surface area contributed by atoms with E-state index in [-0.39, 0.29) is 5.54 Å². The Balaban J connectivity index is 2.58. The molecule has 0 unspecified atom stereocenters. The average Bonchev–Trinajstić information content (AvgIpc) is 2.76. The van der Waals surface area contributed by atoms with Gasteiger partial charge in [0.25, 0.3) is 0 Å². The van der Waals surface area contributed by atoms with E-state index < -0.39 is 0 Å². The Labute approximate surface area is 113 Å². The number of fused-ring (bicyclic) bond motifs is 3. The molecule has 0 radical (unpaired) electrons. The van der Waals surface area contributed by atoms with Crippen molar-refractivity contribution in [2.45, 2.75) is 32.7 Å². The predicted octanol–water partition coefficient (Wildman–Crippen LogP) is 4.52. The van der Waals surface area contributed by atoms with E-state index in [1.807, 2.05) is 12.1 Å². The van der Waals surface area contributed by atoms with Crippen LogP contribution in [0.4, 0.5) is 5.69 Å². The number of hydrogen-bond acceptors (Lipinski definition) is 1. The summed E-state index contributed by atoms with van der Waals surface area (Å²) in [5.74, 6) is 0. The molecule has 3 aromatic rings. The molecule has 0 spiro atoms. The topological polar surface area (TPSA) is 30.9 Å². The first-order valence-corrected chi connectivity index (χ1v) is 6.84. The van der Waals surface area contributed by atoms with Crippen molar-refractivity contribution < 1.29 is 0 Å². The molecule has 3 rings (SSSR count). The zero-order valence-corrected chi connectivity index (χ0v) is 11.8. The van der Waals surface area contributed by atoms with Gasteiger partial charge < -0.3 is 10.3 Å². The Morgan fingerprint density at radius 2 is 1.68 bits per heavy atom. The van der Waals surface area contributed by atoms with Gasteiger partial charge in [-0.1, -0.05) is 37.3 Å². The molecule has 2 aromatic carbocycles. The second-order valence-corrected chi connectivity index (χ2v) is 5.76. The second kappa shape index (κ2) is 4.02. The highest BCUT2D eigenvalue weighted by molar-refractivity contribution is 6.11. The van der Waals surface area contributed by atoms with Gasteiger partial charge in [0.1, 0.15) is 0 Å². The smallest absolute Gasteiger partial charge is 0.0730 e. The van der Waals surface area contributed by atoms with Crippen LogP contribution in [0.3, 0.4) is 0 Å². The summed E-state index contributed by atoms with van der Waals surface area (Å²) in [4.78, 5) is 0. The molecule has 2 nitrogen and oxygen atoms in total. The fraction of sp³-hybridized carbons (Fsp3) is 0.294. The van der Waals surface area contributed by atoms with Crippen molar-refractivity contribution in [3.8, 4) is 0 Å². The molecular weight excluding hydrogens is 232 g/mol. The monoisotopic (exact) mass is 252 g/mol. The number of anilines is 1. The van der Waals surface area contributed by atoms with Gasteiger partial charge in [0.15, 0.2) is 0 Å². The summed E-state index contributed by atoms with van der Waals surface area (Å²) in [7, 11) is 0. The van der Waals surface area contributed by atoms with E-state index in [2.05, 4.69) is 55.7 Å². The summed E-state index contributed by atoms with van der Waals surface area (Å²) in [5, 5.41) is 2.53. The fourth-order valence-corrected chi connectivity index (χ4v) is 2.83. The van der Waals surface area contributed by atoms with Crippen LogP contribution in [0.25, 0.3) is 21.8 Å². The van der Waals surface area contributed by atoms with E-state index in [0.29, 0.717) is 0 Å². The van der Waals surface area contributed by atoms with Crippen molar-refractivity contribution in [3.63, 3.8) is 0 Å². The molecule has 98 valence electrons.